The molecule has 1 rings (SSSR count). The number of alkyl halides is 1. The molecule has 0 saturated heterocycles. The molecule has 6 heteroatoms. The number of aliphatic hydroxyl groups is 1. The van der Waals surface area contributed by atoms with Crippen LogP contribution in [0.15, 0.2) is 0 Å². The number of carboxylic acids is 1. The fourth-order valence-electron chi connectivity index (χ4n) is 4.02. The summed E-state index contributed by atoms with van der Waals surface area (Å²) in [5.74, 6) is -2.66. The second-order valence-electron chi connectivity index (χ2n) is 7.88. The molecule has 0 aromatic carbocycles. The van der Waals surface area contributed by atoms with Gasteiger partial charge in [-0.05, 0) is 38.0 Å². The third kappa shape index (κ3) is 7.68. The highest BCUT2D eigenvalue weighted by atomic mass is 19.1. The molecule has 0 spiro atoms. The van der Waals surface area contributed by atoms with E-state index >= 15 is 0 Å². The zero-order valence-corrected chi connectivity index (χ0v) is 16.7. The number of unbranched alkanes of at least 4 members (excludes halogenated alkanes) is 2. The first-order valence-corrected chi connectivity index (χ1v) is 10.4. The van der Waals surface area contributed by atoms with Crippen molar-refractivity contribution in [2.75, 3.05) is 0 Å². The molecule has 1 aliphatic carbocycles. The minimum atomic E-state index is -1.47. The normalized spacial score (nSPS) is 24.7. The molecule has 1 fully saturated rings. The predicted octanol–water partition coefficient (Wildman–Crippen LogP) is 4.10. The van der Waals surface area contributed by atoms with Crippen molar-refractivity contribution in [3.05, 3.63) is 0 Å². The van der Waals surface area contributed by atoms with Crippen LogP contribution in [0.5, 0.6) is 0 Å². The molecule has 5 nitrogen and oxygen atoms in total. The summed E-state index contributed by atoms with van der Waals surface area (Å²) in [5.41, 5.74) is 0. The second-order valence-corrected chi connectivity index (χ2v) is 7.88. The summed E-state index contributed by atoms with van der Waals surface area (Å²) >= 11 is 0. The van der Waals surface area contributed by atoms with Crippen molar-refractivity contribution in [1.29, 1.82) is 0 Å². The van der Waals surface area contributed by atoms with Crippen LogP contribution in [0, 0.1) is 17.8 Å². The predicted molar refractivity (Wildman–Crippen MR) is 101 cm³/mol. The van der Waals surface area contributed by atoms with Crippen molar-refractivity contribution in [3.63, 3.8) is 0 Å². The number of hydrogen-bond acceptors (Lipinski definition) is 4. The molecule has 0 amide bonds. The Hall–Kier alpha value is -1.30. The van der Waals surface area contributed by atoms with Crippen molar-refractivity contribution in [2.45, 2.75) is 96.8 Å². The van der Waals surface area contributed by atoms with E-state index in [-0.39, 0.29) is 37.4 Å². The third-order valence-corrected chi connectivity index (χ3v) is 5.80. The Morgan fingerprint density at radius 3 is 2.33 bits per heavy atom. The fourth-order valence-corrected chi connectivity index (χ4v) is 4.02. The van der Waals surface area contributed by atoms with Crippen molar-refractivity contribution < 1.29 is 29.0 Å². The van der Waals surface area contributed by atoms with Crippen LogP contribution in [-0.4, -0.2) is 40.0 Å². The molecule has 1 unspecified atom stereocenters. The summed E-state index contributed by atoms with van der Waals surface area (Å²) < 4.78 is 13.8. The molecule has 0 aromatic rings. The summed E-state index contributed by atoms with van der Waals surface area (Å²) in [7, 11) is 0. The zero-order chi connectivity index (χ0) is 20.4. The van der Waals surface area contributed by atoms with E-state index < -0.39 is 35.9 Å². The van der Waals surface area contributed by atoms with Gasteiger partial charge in [0, 0.05) is 18.8 Å². The van der Waals surface area contributed by atoms with Crippen molar-refractivity contribution in [1.82, 2.24) is 0 Å². The topological polar surface area (TPSA) is 91.7 Å². The number of ketones is 2. The number of halogens is 1. The highest BCUT2D eigenvalue weighted by molar-refractivity contribution is 5.85. The molecule has 0 radical (unpaired) electrons. The maximum absolute atomic E-state index is 13.8. The molecule has 0 heterocycles. The summed E-state index contributed by atoms with van der Waals surface area (Å²) in [6, 6.07) is 0. The van der Waals surface area contributed by atoms with E-state index in [1.807, 2.05) is 13.8 Å². The largest absolute Gasteiger partial charge is 0.481 e. The lowest BCUT2D eigenvalue weighted by Gasteiger charge is -2.22. The van der Waals surface area contributed by atoms with E-state index in [9.17, 15) is 29.0 Å². The van der Waals surface area contributed by atoms with Crippen LogP contribution in [0.2, 0.25) is 0 Å². The van der Waals surface area contributed by atoms with Crippen LogP contribution in [0.1, 0.15) is 84.5 Å². The van der Waals surface area contributed by atoms with Gasteiger partial charge in [0.1, 0.15) is 5.78 Å². The fraction of sp³-hybridized carbons (Fsp3) is 0.857. The molecule has 27 heavy (non-hydrogen) atoms. The molecule has 0 aliphatic heterocycles. The first-order chi connectivity index (χ1) is 12.8. The van der Waals surface area contributed by atoms with E-state index in [1.165, 1.54) is 0 Å². The average molecular weight is 387 g/mol. The van der Waals surface area contributed by atoms with Crippen molar-refractivity contribution in [2.24, 2.45) is 17.8 Å². The average Bonchev–Trinajstić information content (AvgIpc) is 2.90. The Balaban J connectivity index is 2.59. The first kappa shape index (κ1) is 23.7. The van der Waals surface area contributed by atoms with Gasteiger partial charge in [-0.2, -0.15) is 0 Å². The monoisotopic (exact) mass is 386 g/mol. The lowest BCUT2D eigenvalue weighted by atomic mass is 9.83. The number of Topliss-reactive ketones (excluding diaryl/α,β-unsaturated/α-hetero) is 2. The minimum absolute atomic E-state index is 0.0224. The smallest absolute Gasteiger partial charge is 0.306 e. The van der Waals surface area contributed by atoms with Crippen LogP contribution < -0.4 is 0 Å². The Morgan fingerprint density at radius 2 is 1.74 bits per heavy atom. The quantitative estimate of drug-likeness (QED) is 0.469. The molecule has 156 valence electrons. The summed E-state index contributed by atoms with van der Waals surface area (Å²) in [4.78, 5) is 35.6. The van der Waals surface area contributed by atoms with Gasteiger partial charge in [-0.1, -0.05) is 39.5 Å². The lowest BCUT2D eigenvalue weighted by Crippen LogP contribution is -2.25. The molecular formula is C21H35FO5. The molecule has 2 N–H and O–H groups in total. The summed E-state index contributed by atoms with van der Waals surface area (Å²) in [6.45, 7) is 3.94. The zero-order valence-electron chi connectivity index (χ0n) is 16.7. The highest BCUT2D eigenvalue weighted by Crippen LogP contribution is 2.37. The molecule has 0 bridgehead atoms. The third-order valence-electron chi connectivity index (χ3n) is 5.80. The van der Waals surface area contributed by atoms with E-state index in [2.05, 4.69) is 0 Å². The van der Waals surface area contributed by atoms with Gasteiger partial charge in [-0.25, -0.2) is 4.39 Å². The Labute approximate surface area is 161 Å². The maximum atomic E-state index is 13.8. The molecule has 1 saturated carbocycles. The molecule has 1 aliphatic rings. The van der Waals surface area contributed by atoms with Gasteiger partial charge in [0.2, 0.25) is 0 Å². The van der Waals surface area contributed by atoms with Gasteiger partial charge in [-0.3, -0.25) is 14.4 Å². The maximum Gasteiger partial charge on any atom is 0.306 e. The Kier molecular flexibility index (Phi) is 10.7. The van der Waals surface area contributed by atoms with Crippen LogP contribution in [0.25, 0.3) is 0 Å². The molecular weight excluding hydrogens is 351 g/mol. The number of rotatable bonds is 14. The molecule has 0 aromatic heterocycles. The van der Waals surface area contributed by atoms with Gasteiger partial charge in [0.25, 0.3) is 0 Å². The van der Waals surface area contributed by atoms with Crippen LogP contribution in [0.3, 0.4) is 0 Å². The van der Waals surface area contributed by atoms with Gasteiger partial charge < -0.3 is 10.2 Å². The summed E-state index contributed by atoms with van der Waals surface area (Å²) in [6.07, 6.45) is 2.91. The lowest BCUT2D eigenvalue weighted by molar-refractivity contribution is -0.142. The highest BCUT2D eigenvalue weighted by Gasteiger charge is 2.41. The molecule has 5 atom stereocenters. The number of carboxylic acid groups (broad SMARTS) is 1. The van der Waals surface area contributed by atoms with E-state index in [4.69, 9.17) is 0 Å². The number of aliphatic carboxylic acids is 1. The van der Waals surface area contributed by atoms with Crippen LogP contribution in [-0.2, 0) is 14.4 Å². The van der Waals surface area contributed by atoms with Crippen molar-refractivity contribution >= 4 is 17.5 Å². The SMILES string of the molecule is CCCCC(CC[C@H]1C(=O)C[C@@H](O)[C@@H]1CCC(=O)[C@@H](F)CCCC)C(=O)O. The van der Waals surface area contributed by atoms with Crippen LogP contribution in [0.4, 0.5) is 4.39 Å². The van der Waals surface area contributed by atoms with Crippen LogP contribution >= 0.6 is 0 Å². The minimum Gasteiger partial charge on any atom is -0.481 e. The number of carbonyl (C=O) groups excluding carboxylic acids is 2. The standard InChI is InChI=1S/C21H35FO5/c1-3-5-7-14(21(26)27)9-10-15-16(20(25)13-19(15)24)11-12-18(23)17(22)8-6-4-2/h14-17,20,25H,3-13H2,1-2H3,(H,26,27)/t14?,15-,16-,17+,20-/m1/s1. The van der Waals surface area contributed by atoms with Gasteiger partial charge in [0.15, 0.2) is 12.0 Å². The number of carbonyl (C=O) groups is 3. The van der Waals surface area contributed by atoms with E-state index in [0.29, 0.717) is 25.7 Å². The summed E-state index contributed by atoms with van der Waals surface area (Å²) in [5, 5.41) is 19.5. The number of hydrogen-bond donors (Lipinski definition) is 2. The number of aliphatic hydroxyl groups excluding tert-OH is 1. The Morgan fingerprint density at radius 1 is 1.11 bits per heavy atom. The van der Waals surface area contributed by atoms with Gasteiger partial charge in [-0.15, -0.1) is 0 Å². The first-order valence-electron chi connectivity index (χ1n) is 10.4. The van der Waals surface area contributed by atoms with Crippen molar-refractivity contribution in [3.8, 4) is 0 Å². The van der Waals surface area contributed by atoms with E-state index in [1.54, 1.807) is 0 Å². The van der Waals surface area contributed by atoms with Gasteiger partial charge >= 0.3 is 5.97 Å². The Bertz CT molecular complexity index is 493. The van der Waals surface area contributed by atoms with E-state index in [0.717, 1.165) is 19.3 Å². The second kappa shape index (κ2) is 12.2. The van der Waals surface area contributed by atoms with Gasteiger partial charge in [0.05, 0.1) is 12.0 Å².